The molecule has 29 heavy (non-hydrogen) atoms. The molecule has 0 saturated heterocycles. The molecule has 4 nitrogen and oxygen atoms in total. The molecule has 2 aromatic rings. The van der Waals surface area contributed by atoms with E-state index in [-0.39, 0.29) is 11.8 Å². The first kappa shape index (κ1) is 23.3. The van der Waals surface area contributed by atoms with Crippen LogP contribution in [0.1, 0.15) is 37.0 Å². The summed E-state index contributed by atoms with van der Waals surface area (Å²) in [5.74, 6) is 0.895. The van der Waals surface area contributed by atoms with Gasteiger partial charge in [-0.1, -0.05) is 61.0 Å². The first-order chi connectivity index (χ1) is 14.0. The summed E-state index contributed by atoms with van der Waals surface area (Å²) in [6, 6.07) is 15.1. The highest BCUT2D eigenvalue weighted by molar-refractivity contribution is 7.99. The highest BCUT2D eigenvalue weighted by Gasteiger charge is 2.28. The number of carbonyl (C=O) groups excluding carboxylic acids is 2. The van der Waals surface area contributed by atoms with Crippen molar-refractivity contribution in [1.29, 1.82) is 0 Å². The fourth-order valence-electron chi connectivity index (χ4n) is 3.12. The second-order valence-corrected chi connectivity index (χ2v) is 8.24. The first-order valence-corrected chi connectivity index (χ1v) is 11.4. The van der Waals surface area contributed by atoms with Crippen LogP contribution in [0.25, 0.3) is 0 Å². The molecule has 2 aromatic carbocycles. The van der Waals surface area contributed by atoms with Crippen LogP contribution in [-0.4, -0.2) is 35.1 Å². The lowest BCUT2D eigenvalue weighted by Crippen LogP contribution is -2.49. The molecule has 6 heteroatoms. The van der Waals surface area contributed by atoms with Crippen molar-refractivity contribution >= 4 is 35.2 Å². The van der Waals surface area contributed by atoms with Gasteiger partial charge in [0, 0.05) is 23.9 Å². The average molecular weight is 433 g/mol. The van der Waals surface area contributed by atoms with E-state index in [0.29, 0.717) is 30.3 Å². The normalized spacial score (nSPS) is 11.7. The molecule has 156 valence electrons. The molecule has 0 radical (unpaired) electrons. The van der Waals surface area contributed by atoms with Crippen LogP contribution < -0.4 is 5.32 Å². The summed E-state index contributed by atoms with van der Waals surface area (Å²) in [4.78, 5) is 27.4. The maximum Gasteiger partial charge on any atom is 0.242 e. The van der Waals surface area contributed by atoms with Gasteiger partial charge in [-0.3, -0.25) is 9.59 Å². The van der Waals surface area contributed by atoms with Crippen molar-refractivity contribution in [1.82, 2.24) is 10.2 Å². The summed E-state index contributed by atoms with van der Waals surface area (Å²) >= 11 is 7.89. The Kier molecular flexibility index (Phi) is 9.55. The Balaban J connectivity index is 2.14. The van der Waals surface area contributed by atoms with Gasteiger partial charge in [0.1, 0.15) is 6.04 Å². The fourth-order valence-corrected chi connectivity index (χ4v) is 4.31. The van der Waals surface area contributed by atoms with Gasteiger partial charge in [-0.05, 0) is 43.0 Å². The smallest absolute Gasteiger partial charge is 0.242 e. The SMILES string of the molecule is CCNC(=O)[C@H](CC)N(Cc1ccccc1Cl)C(=O)CSCc1ccccc1C. The summed E-state index contributed by atoms with van der Waals surface area (Å²) in [5, 5.41) is 3.45. The molecule has 0 saturated carbocycles. The van der Waals surface area contributed by atoms with Crippen LogP contribution in [0, 0.1) is 6.92 Å². The average Bonchev–Trinajstić information content (AvgIpc) is 2.70. The molecule has 2 amide bonds. The molecule has 0 heterocycles. The van der Waals surface area contributed by atoms with Crippen LogP contribution in [0.3, 0.4) is 0 Å². The molecule has 1 N–H and O–H groups in total. The zero-order chi connectivity index (χ0) is 21.2. The third kappa shape index (κ3) is 6.79. The molecule has 0 spiro atoms. The number of likely N-dealkylation sites (N-methyl/N-ethyl adjacent to an activating group) is 1. The van der Waals surface area contributed by atoms with E-state index in [0.717, 1.165) is 11.3 Å². The Morgan fingerprint density at radius 2 is 1.72 bits per heavy atom. The molecule has 0 aliphatic rings. The number of thioether (sulfide) groups is 1. The standard InChI is InChI=1S/C23H29ClN2O2S/c1-4-21(23(28)25-5-2)26(14-18-11-8-9-13-20(18)24)22(27)16-29-15-19-12-7-6-10-17(19)3/h6-13,21H,4-5,14-16H2,1-3H3,(H,25,28)/t21-/m0/s1. The van der Waals surface area contributed by atoms with E-state index in [1.807, 2.05) is 44.2 Å². The number of aryl methyl sites for hydroxylation is 1. The molecule has 0 aliphatic carbocycles. The fraction of sp³-hybridized carbons (Fsp3) is 0.391. The van der Waals surface area contributed by atoms with E-state index in [4.69, 9.17) is 11.6 Å². The summed E-state index contributed by atoms with van der Waals surface area (Å²) in [7, 11) is 0. The van der Waals surface area contributed by atoms with Crippen LogP contribution in [0.5, 0.6) is 0 Å². The Hall–Kier alpha value is -1.98. The lowest BCUT2D eigenvalue weighted by Gasteiger charge is -2.30. The van der Waals surface area contributed by atoms with Gasteiger partial charge in [-0.25, -0.2) is 0 Å². The number of amides is 2. The van der Waals surface area contributed by atoms with Gasteiger partial charge >= 0.3 is 0 Å². The summed E-state index contributed by atoms with van der Waals surface area (Å²) in [5.41, 5.74) is 3.28. The maximum absolute atomic E-state index is 13.1. The van der Waals surface area contributed by atoms with Gasteiger partial charge in [0.15, 0.2) is 0 Å². The highest BCUT2D eigenvalue weighted by Crippen LogP contribution is 2.22. The Bertz CT molecular complexity index is 828. The minimum absolute atomic E-state index is 0.0541. The summed E-state index contributed by atoms with van der Waals surface area (Å²) in [6.07, 6.45) is 0.546. The zero-order valence-corrected chi connectivity index (χ0v) is 18.9. The third-order valence-electron chi connectivity index (χ3n) is 4.78. The Morgan fingerprint density at radius 3 is 2.34 bits per heavy atom. The summed E-state index contributed by atoms with van der Waals surface area (Å²) in [6.45, 7) is 6.73. The monoisotopic (exact) mass is 432 g/mol. The molecular formula is C23H29ClN2O2S. The van der Waals surface area contributed by atoms with E-state index in [1.165, 1.54) is 11.1 Å². The van der Waals surface area contributed by atoms with E-state index in [9.17, 15) is 9.59 Å². The van der Waals surface area contributed by atoms with Crippen molar-refractivity contribution in [3.05, 3.63) is 70.2 Å². The minimum Gasteiger partial charge on any atom is -0.355 e. The van der Waals surface area contributed by atoms with Crippen molar-refractivity contribution in [2.45, 2.75) is 45.5 Å². The molecule has 0 aromatic heterocycles. The van der Waals surface area contributed by atoms with E-state index in [2.05, 4.69) is 24.4 Å². The molecule has 0 fully saturated rings. The van der Waals surface area contributed by atoms with Crippen molar-refractivity contribution in [3.63, 3.8) is 0 Å². The van der Waals surface area contributed by atoms with Gasteiger partial charge in [0.05, 0.1) is 5.75 Å². The number of rotatable bonds is 10. The van der Waals surface area contributed by atoms with E-state index in [1.54, 1.807) is 22.7 Å². The van der Waals surface area contributed by atoms with E-state index >= 15 is 0 Å². The van der Waals surface area contributed by atoms with Crippen molar-refractivity contribution in [2.24, 2.45) is 0 Å². The number of nitrogens with zero attached hydrogens (tertiary/aromatic N) is 1. The first-order valence-electron chi connectivity index (χ1n) is 9.90. The van der Waals surface area contributed by atoms with Crippen LogP contribution in [0.4, 0.5) is 0 Å². The molecule has 2 rings (SSSR count). The number of halogens is 1. The van der Waals surface area contributed by atoms with Crippen LogP contribution >= 0.6 is 23.4 Å². The number of nitrogens with one attached hydrogen (secondary N) is 1. The van der Waals surface area contributed by atoms with Crippen LogP contribution in [0.2, 0.25) is 5.02 Å². The van der Waals surface area contributed by atoms with Gasteiger partial charge < -0.3 is 10.2 Å². The number of hydrogen-bond donors (Lipinski definition) is 1. The second kappa shape index (κ2) is 11.9. The van der Waals surface area contributed by atoms with Gasteiger partial charge in [-0.2, -0.15) is 0 Å². The van der Waals surface area contributed by atoms with Crippen LogP contribution in [0.15, 0.2) is 48.5 Å². The second-order valence-electron chi connectivity index (χ2n) is 6.85. The zero-order valence-electron chi connectivity index (χ0n) is 17.3. The van der Waals surface area contributed by atoms with Gasteiger partial charge in [0.2, 0.25) is 11.8 Å². The molecule has 0 unspecified atom stereocenters. The van der Waals surface area contributed by atoms with Crippen molar-refractivity contribution in [2.75, 3.05) is 12.3 Å². The molecule has 0 aliphatic heterocycles. The van der Waals surface area contributed by atoms with Gasteiger partial charge in [0.25, 0.3) is 0 Å². The largest absolute Gasteiger partial charge is 0.355 e. The lowest BCUT2D eigenvalue weighted by molar-refractivity contribution is -0.139. The highest BCUT2D eigenvalue weighted by atomic mass is 35.5. The van der Waals surface area contributed by atoms with E-state index < -0.39 is 6.04 Å². The minimum atomic E-state index is -0.516. The summed E-state index contributed by atoms with van der Waals surface area (Å²) < 4.78 is 0. The molecule has 1 atom stereocenters. The number of hydrogen-bond acceptors (Lipinski definition) is 3. The lowest BCUT2D eigenvalue weighted by atomic mass is 10.1. The molecular weight excluding hydrogens is 404 g/mol. The van der Waals surface area contributed by atoms with Crippen molar-refractivity contribution in [3.8, 4) is 0 Å². The van der Waals surface area contributed by atoms with Gasteiger partial charge in [-0.15, -0.1) is 11.8 Å². The molecule has 0 bridgehead atoms. The predicted octanol–water partition coefficient (Wildman–Crippen LogP) is 4.83. The number of benzene rings is 2. The quantitative estimate of drug-likeness (QED) is 0.585. The topological polar surface area (TPSA) is 49.4 Å². The third-order valence-corrected chi connectivity index (χ3v) is 6.11. The maximum atomic E-state index is 13.1. The Morgan fingerprint density at radius 1 is 1.07 bits per heavy atom. The Labute approximate surface area is 183 Å². The number of carbonyl (C=O) groups is 2. The predicted molar refractivity (Wildman–Crippen MR) is 122 cm³/mol. The van der Waals surface area contributed by atoms with Crippen molar-refractivity contribution < 1.29 is 9.59 Å². The van der Waals surface area contributed by atoms with Crippen LogP contribution in [-0.2, 0) is 21.9 Å².